The Balaban J connectivity index is 1.15. The highest BCUT2D eigenvalue weighted by Crippen LogP contribution is 2.42. The van der Waals surface area contributed by atoms with Crippen molar-refractivity contribution in [1.82, 2.24) is 46.0 Å². The Labute approximate surface area is 450 Å². The minimum Gasteiger partial charge on any atom is -0.453 e. The summed E-state index contributed by atoms with van der Waals surface area (Å²) in [6, 6.07) is 11.2. The molecule has 5 N–H and O–H groups in total. The smallest absolute Gasteiger partial charge is 0.407 e. The largest absolute Gasteiger partial charge is 0.453 e. The molecule has 0 saturated carbocycles. The molecule has 18 nitrogen and oxygen atoms in total. The zero-order valence-electron chi connectivity index (χ0n) is 44.0. The van der Waals surface area contributed by atoms with E-state index >= 15 is 0 Å². The number of nitrogens with zero attached hydrogens (tertiary/aromatic N) is 6. The van der Waals surface area contributed by atoms with Crippen LogP contribution in [0.15, 0.2) is 79.3 Å². The normalized spacial score (nSPS) is 18.6. The third-order valence-electron chi connectivity index (χ3n) is 14.7. The van der Waals surface area contributed by atoms with Crippen LogP contribution in [0.4, 0.5) is 50.5 Å². The summed E-state index contributed by atoms with van der Waals surface area (Å²) in [6.45, 7) is 1.77. The molecular formula is C53H62F8N10O8. The van der Waals surface area contributed by atoms with Gasteiger partial charge in [0.25, 0.3) is 5.91 Å². The molecule has 79 heavy (non-hydrogen) atoms. The van der Waals surface area contributed by atoms with Crippen LogP contribution < -0.4 is 26.3 Å². The number of carbonyl (C=O) groups is 4. The van der Waals surface area contributed by atoms with Crippen LogP contribution in [0, 0.1) is 22.7 Å². The van der Waals surface area contributed by atoms with E-state index in [-0.39, 0.29) is 6.42 Å². The highest BCUT2D eigenvalue weighted by atomic mass is 19.4. The first kappa shape index (κ1) is 59.6. The lowest BCUT2D eigenvalue weighted by Crippen LogP contribution is -2.63. The lowest BCUT2D eigenvalue weighted by atomic mass is 9.82. The minimum absolute atomic E-state index is 0.292. The van der Waals surface area contributed by atoms with Crippen LogP contribution in [0.25, 0.3) is 11.1 Å². The van der Waals surface area contributed by atoms with Crippen molar-refractivity contribution in [1.29, 1.82) is 0 Å². The SMILES string of the molecule is COC(=O)N[C@H](C(=O)N[C@@H](Cc1ccc(C#Cc2ccc(N3CC4CCC(C3)N4C3COC3)nc2)cc1)[C@@H](O)CN(Cc1ccc(-c2cnn(C(F)F)c2)cc1)NC(=O)[C@@H](NC(=O)OC)C(C)(C)C(F)(F)F)C(C)(C)C(F)(F)F. The Morgan fingerprint density at radius 2 is 1.28 bits per heavy atom. The average Bonchev–Trinajstić information content (AvgIpc) is 4.16. The molecule has 6 atom stereocenters. The van der Waals surface area contributed by atoms with E-state index in [2.05, 4.69) is 47.0 Å². The van der Waals surface area contributed by atoms with Gasteiger partial charge in [0.1, 0.15) is 17.9 Å². The number of aliphatic hydroxyl groups is 1. The number of alkyl carbamates (subject to hydrolysis) is 2. The third-order valence-corrected chi connectivity index (χ3v) is 14.7. The molecule has 0 radical (unpaired) electrons. The first-order valence-corrected chi connectivity index (χ1v) is 25.1. The molecule has 3 aliphatic heterocycles. The van der Waals surface area contributed by atoms with E-state index in [0.29, 0.717) is 83.9 Å². The molecule has 2 aromatic carbocycles. The van der Waals surface area contributed by atoms with Crippen molar-refractivity contribution in [3.63, 3.8) is 0 Å². The Bertz CT molecular complexity index is 2810. The van der Waals surface area contributed by atoms with E-state index in [1.807, 2.05) is 22.8 Å². The van der Waals surface area contributed by atoms with E-state index in [1.165, 1.54) is 30.5 Å². The van der Waals surface area contributed by atoms with E-state index in [0.717, 1.165) is 70.4 Å². The highest BCUT2D eigenvalue weighted by Gasteiger charge is 2.57. The second-order valence-corrected chi connectivity index (χ2v) is 20.8. The monoisotopic (exact) mass is 1120 g/mol. The van der Waals surface area contributed by atoms with Gasteiger partial charge in [-0.3, -0.25) is 19.9 Å². The molecule has 3 aliphatic rings. The zero-order chi connectivity index (χ0) is 57.6. The van der Waals surface area contributed by atoms with Crippen LogP contribution in [-0.4, -0.2) is 156 Å². The number of aromatic nitrogens is 3. The van der Waals surface area contributed by atoms with Gasteiger partial charge in [-0.15, -0.1) is 0 Å². The Kier molecular flexibility index (Phi) is 18.5. The van der Waals surface area contributed by atoms with E-state index in [9.17, 15) is 59.4 Å². The van der Waals surface area contributed by atoms with Crippen LogP contribution in [0.1, 0.15) is 69.3 Å². The molecule has 4 aromatic rings. The lowest BCUT2D eigenvalue weighted by molar-refractivity contribution is -0.221. The summed E-state index contributed by atoms with van der Waals surface area (Å²) >= 11 is 0. The minimum atomic E-state index is -5.10. The Morgan fingerprint density at radius 3 is 1.77 bits per heavy atom. The molecule has 428 valence electrons. The topological polar surface area (TPSA) is 205 Å². The van der Waals surface area contributed by atoms with Crippen molar-refractivity contribution in [3.05, 3.63) is 102 Å². The van der Waals surface area contributed by atoms with Gasteiger partial charge in [0, 0.05) is 67.3 Å². The summed E-state index contributed by atoms with van der Waals surface area (Å²) in [6.07, 6.45) is -9.00. The van der Waals surface area contributed by atoms with Crippen molar-refractivity contribution in [2.24, 2.45) is 10.8 Å². The van der Waals surface area contributed by atoms with E-state index < -0.39 is 91.1 Å². The molecule has 3 fully saturated rings. The second kappa shape index (κ2) is 24.5. The molecule has 2 unspecified atom stereocenters. The van der Waals surface area contributed by atoms with Crippen LogP contribution >= 0.6 is 0 Å². The van der Waals surface area contributed by atoms with Gasteiger partial charge in [-0.25, -0.2) is 24.3 Å². The molecule has 3 saturated heterocycles. The van der Waals surface area contributed by atoms with Crippen molar-refractivity contribution in [3.8, 4) is 23.0 Å². The summed E-state index contributed by atoms with van der Waals surface area (Å²) in [5, 5.41) is 22.9. The number of hydrazine groups is 1. The zero-order valence-corrected chi connectivity index (χ0v) is 44.0. The number of rotatable bonds is 19. The predicted octanol–water partition coefficient (Wildman–Crippen LogP) is 6.34. The number of pyridine rings is 1. The number of hydrogen-bond acceptors (Lipinski definition) is 13. The van der Waals surface area contributed by atoms with Gasteiger partial charge in [0.2, 0.25) is 5.91 Å². The van der Waals surface area contributed by atoms with Gasteiger partial charge in [-0.05, 0) is 87.9 Å². The number of piperazine rings is 1. The lowest BCUT2D eigenvalue weighted by Gasteiger charge is -2.47. The number of nitrogens with one attached hydrogen (secondary N) is 4. The van der Waals surface area contributed by atoms with Gasteiger partial charge < -0.3 is 40.2 Å². The summed E-state index contributed by atoms with van der Waals surface area (Å²) in [4.78, 5) is 62.5. The van der Waals surface area contributed by atoms with Gasteiger partial charge >= 0.3 is 31.1 Å². The number of alkyl halides is 8. The fraction of sp³-hybridized carbons (Fsp3) is 0.509. The van der Waals surface area contributed by atoms with Gasteiger partial charge in [-0.1, -0.05) is 48.2 Å². The molecule has 0 aliphatic carbocycles. The number of benzene rings is 2. The number of fused-ring (bicyclic) bond motifs is 2. The summed E-state index contributed by atoms with van der Waals surface area (Å²) in [5.41, 5.74) is -1.03. The molecule has 2 bridgehead atoms. The molecule has 7 rings (SSSR count). The fourth-order valence-electron chi connectivity index (χ4n) is 9.60. The first-order chi connectivity index (χ1) is 37.2. The van der Waals surface area contributed by atoms with Crippen LogP contribution in [0.2, 0.25) is 0 Å². The third kappa shape index (κ3) is 14.2. The van der Waals surface area contributed by atoms with Gasteiger partial charge in [0.05, 0.1) is 62.6 Å². The van der Waals surface area contributed by atoms with Gasteiger partial charge in [0.15, 0.2) is 0 Å². The van der Waals surface area contributed by atoms with Crippen LogP contribution in [0.5, 0.6) is 0 Å². The summed E-state index contributed by atoms with van der Waals surface area (Å²) in [5.74, 6) is 4.12. The highest BCUT2D eigenvalue weighted by molar-refractivity contribution is 5.87. The van der Waals surface area contributed by atoms with E-state index in [1.54, 1.807) is 30.5 Å². The Hall–Kier alpha value is -7.08. The van der Waals surface area contributed by atoms with Crippen molar-refractivity contribution in [2.75, 3.05) is 52.0 Å². The van der Waals surface area contributed by atoms with E-state index in [4.69, 9.17) is 9.72 Å². The van der Waals surface area contributed by atoms with Crippen LogP contribution in [0.3, 0.4) is 0 Å². The number of hydrogen-bond donors (Lipinski definition) is 5. The van der Waals surface area contributed by atoms with Gasteiger partial charge in [-0.2, -0.15) is 40.2 Å². The average molecular weight is 1120 g/mol. The van der Waals surface area contributed by atoms with Crippen LogP contribution in [-0.2, 0) is 36.8 Å². The number of anilines is 1. The molecular weight excluding hydrogens is 1060 g/mol. The number of carbonyl (C=O) groups excluding carboxylic acids is 4. The maximum absolute atomic E-state index is 14.6. The maximum Gasteiger partial charge on any atom is 0.407 e. The first-order valence-electron chi connectivity index (χ1n) is 25.1. The summed E-state index contributed by atoms with van der Waals surface area (Å²) in [7, 11) is 1.73. The van der Waals surface area contributed by atoms with Crippen molar-refractivity contribution in [2.45, 2.75) is 115 Å². The standard InChI is InChI=1S/C53H62F8N10O8/c1-50(2,52(56,57)58)43(65-48(75)77-5)45(73)64-40(21-32-10-7-31(8-11-32)9-12-33-15-20-42(62-22-33)68-26-37-18-19-38(27-68)71(37)39-29-79-30-39)41(72)28-69(67-46(74)44(66-49(76)78-6)51(3,4)53(59,60)61)24-34-13-16-35(17-14-34)36-23-63-70(25-36)47(54)55/h7-8,10-11,13-17,20,22-23,25,37-41,43-44,47,72H,18-19,21,24,26-30H2,1-6H3,(H,64,73)(H,65,75)(H,66,76)(H,67,74)/t37?,38?,40-,41-,43+,44+/m0/s1. The number of halogens is 8. The fourth-order valence-corrected chi connectivity index (χ4v) is 9.60. The molecule has 5 heterocycles. The van der Waals surface area contributed by atoms with Crippen molar-refractivity contribution < 1.29 is 73.6 Å². The number of aliphatic hydroxyl groups excluding tert-OH is 1. The molecule has 0 spiro atoms. The summed E-state index contributed by atoms with van der Waals surface area (Å²) < 4.78 is 129. The predicted molar refractivity (Wildman–Crippen MR) is 270 cm³/mol. The number of ether oxygens (including phenoxy) is 3. The Morgan fingerprint density at radius 1 is 0.734 bits per heavy atom. The quantitative estimate of drug-likeness (QED) is 0.0396. The maximum atomic E-state index is 14.6. The second-order valence-electron chi connectivity index (χ2n) is 20.8. The number of methoxy groups -OCH3 is 2. The molecule has 2 aromatic heterocycles. The number of amides is 4. The molecule has 26 heteroatoms. The molecule has 4 amide bonds. The van der Waals surface area contributed by atoms with Crippen molar-refractivity contribution >= 4 is 29.8 Å².